The Bertz CT molecular complexity index is 1480. The van der Waals surface area contributed by atoms with Gasteiger partial charge in [-0.3, -0.25) is 0 Å². The summed E-state index contributed by atoms with van der Waals surface area (Å²) in [7, 11) is 0. The van der Waals surface area contributed by atoms with Crippen LogP contribution in [0.3, 0.4) is 0 Å². The highest BCUT2D eigenvalue weighted by atomic mass is 35.5. The van der Waals surface area contributed by atoms with Crippen molar-refractivity contribution in [1.82, 2.24) is 4.98 Å². The molecule has 2 heterocycles. The van der Waals surface area contributed by atoms with Gasteiger partial charge in [0.25, 0.3) is 5.63 Å². The molecule has 0 fully saturated rings. The largest absolute Gasteiger partial charge is 0.444 e. The molecule has 1 N–H and O–H groups in total. The van der Waals surface area contributed by atoms with E-state index < -0.39 is 17.4 Å². The van der Waals surface area contributed by atoms with Crippen LogP contribution < -0.4 is 15.7 Å². The normalized spacial score (nSPS) is 12.9. The van der Waals surface area contributed by atoms with Crippen LogP contribution in [0.4, 0.5) is 18.9 Å². The van der Waals surface area contributed by atoms with Crippen LogP contribution in [0.15, 0.2) is 75.4 Å². The van der Waals surface area contributed by atoms with E-state index in [-0.39, 0.29) is 27.6 Å². The lowest BCUT2D eigenvalue weighted by Crippen LogP contribution is -2.33. The Morgan fingerprint density at radius 2 is 2.00 bits per heavy atom. The quantitative estimate of drug-likeness (QED) is 0.178. The first-order valence-corrected chi connectivity index (χ1v) is 10.9. The number of ether oxygens (including phenoxy) is 1. The second-order valence-corrected chi connectivity index (χ2v) is 8.04. The van der Waals surface area contributed by atoms with E-state index in [0.29, 0.717) is 16.7 Å². The van der Waals surface area contributed by atoms with Crippen LogP contribution in [0.2, 0.25) is 0 Å². The van der Waals surface area contributed by atoms with Gasteiger partial charge in [-0.25, -0.2) is 14.2 Å². The number of aromatic nitrogens is 1. The van der Waals surface area contributed by atoms with E-state index in [1.165, 1.54) is 30.5 Å². The molecule has 172 valence electrons. The first kappa shape index (κ1) is 23.4. The summed E-state index contributed by atoms with van der Waals surface area (Å²) in [6, 6.07) is 16.2. The highest BCUT2D eigenvalue weighted by Crippen LogP contribution is 2.34. The molecule has 4 aromatic rings. The molecular weight excluding hydrogens is 491 g/mol. The molecule has 1 unspecified atom stereocenters. The van der Waals surface area contributed by atoms with Crippen LogP contribution in [0.1, 0.15) is 5.01 Å². The molecule has 11 heteroatoms. The van der Waals surface area contributed by atoms with Crippen molar-refractivity contribution in [3.8, 4) is 23.1 Å². The Morgan fingerprint density at radius 3 is 2.76 bits per heavy atom. The minimum Gasteiger partial charge on any atom is -0.427 e. The predicted octanol–water partition coefficient (Wildman–Crippen LogP) is 6.40. The standard InChI is InChI=1S/C23H13ClF3N3O3S/c24-22(25)23(26,27)33-19-8-4-2-6-16(19)29-11-14(10-28)20-30-17(12-34-20)15-9-13-5-1-3-7-18(13)32-21(15)31/h1-9,11-12,22,29H. The Hall–Kier alpha value is -3.81. The lowest BCUT2D eigenvalue weighted by Gasteiger charge is -2.19. The van der Waals surface area contributed by atoms with Crippen molar-refractivity contribution in [2.45, 2.75) is 11.7 Å². The van der Waals surface area contributed by atoms with Crippen LogP contribution >= 0.6 is 22.9 Å². The lowest BCUT2D eigenvalue weighted by atomic mass is 10.1. The van der Waals surface area contributed by atoms with E-state index in [2.05, 4.69) is 15.0 Å². The van der Waals surface area contributed by atoms with E-state index in [4.69, 9.17) is 16.0 Å². The van der Waals surface area contributed by atoms with E-state index >= 15 is 0 Å². The van der Waals surface area contributed by atoms with Crippen LogP contribution in [0.25, 0.3) is 27.8 Å². The number of halogens is 4. The maximum atomic E-state index is 13.6. The van der Waals surface area contributed by atoms with E-state index in [1.807, 2.05) is 6.07 Å². The average Bonchev–Trinajstić information content (AvgIpc) is 3.29. The number of nitrogens with zero attached hydrogens (tertiary/aromatic N) is 2. The van der Waals surface area contributed by atoms with Gasteiger partial charge in [-0.2, -0.15) is 14.0 Å². The molecule has 0 aliphatic carbocycles. The Morgan fingerprint density at radius 1 is 1.26 bits per heavy atom. The second-order valence-electron chi connectivity index (χ2n) is 6.80. The monoisotopic (exact) mass is 503 g/mol. The number of alkyl halides is 4. The summed E-state index contributed by atoms with van der Waals surface area (Å²) >= 11 is 5.95. The number of fused-ring (bicyclic) bond motifs is 1. The van der Waals surface area contributed by atoms with Crippen molar-refractivity contribution >= 4 is 45.2 Å². The number of para-hydroxylation sites is 3. The summed E-state index contributed by atoms with van der Waals surface area (Å²) < 4.78 is 49.8. The number of anilines is 1. The molecule has 0 amide bonds. The maximum Gasteiger partial charge on any atom is 0.444 e. The number of thiazole rings is 1. The summed E-state index contributed by atoms with van der Waals surface area (Å²) in [4.78, 5) is 16.7. The first-order valence-electron chi connectivity index (χ1n) is 9.58. The number of rotatable bonds is 7. The Balaban J connectivity index is 1.61. The Labute approximate surface area is 199 Å². The molecule has 2 aromatic heterocycles. The van der Waals surface area contributed by atoms with Crippen molar-refractivity contribution in [2.24, 2.45) is 0 Å². The van der Waals surface area contributed by atoms with Crippen molar-refractivity contribution in [1.29, 1.82) is 5.26 Å². The van der Waals surface area contributed by atoms with Gasteiger partial charge in [0, 0.05) is 17.0 Å². The molecule has 0 aliphatic rings. The minimum absolute atomic E-state index is 0.0409. The summed E-state index contributed by atoms with van der Waals surface area (Å²) in [5, 5.41) is 14.8. The second kappa shape index (κ2) is 9.59. The number of hydrogen-bond donors (Lipinski definition) is 1. The highest BCUT2D eigenvalue weighted by molar-refractivity contribution is 7.11. The van der Waals surface area contributed by atoms with E-state index in [9.17, 15) is 23.2 Å². The third-order valence-corrected chi connectivity index (χ3v) is 5.66. The van der Waals surface area contributed by atoms with Gasteiger partial charge >= 0.3 is 11.7 Å². The van der Waals surface area contributed by atoms with Gasteiger partial charge in [-0.15, -0.1) is 11.3 Å². The molecule has 0 spiro atoms. The maximum absolute atomic E-state index is 13.6. The van der Waals surface area contributed by atoms with E-state index in [1.54, 1.807) is 35.7 Å². The summed E-state index contributed by atoms with van der Waals surface area (Å²) in [6.07, 6.45) is -3.02. The molecular formula is C23H13ClF3N3O3S. The van der Waals surface area contributed by atoms with Gasteiger partial charge in [0.15, 0.2) is 0 Å². The van der Waals surface area contributed by atoms with Gasteiger partial charge in [0.05, 0.1) is 16.9 Å². The molecule has 6 nitrogen and oxygen atoms in total. The van der Waals surface area contributed by atoms with Crippen molar-refractivity contribution in [3.63, 3.8) is 0 Å². The SMILES string of the molecule is N#CC(=CNc1ccccc1OC(F)(F)C(F)Cl)c1nc(-c2cc3ccccc3oc2=O)cs1. The fourth-order valence-corrected chi connectivity index (χ4v) is 3.75. The number of benzene rings is 2. The molecule has 0 saturated carbocycles. The third kappa shape index (κ3) is 4.90. The minimum atomic E-state index is -4.26. The first-order chi connectivity index (χ1) is 16.3. The smallest absolute Gasteiger partial charge is 0.427 e. The molecule has 2 aromatic carbocycles. The van der Waals surface area contributed by atoms with Crippen LogP contribution in [0, 0.1) is 11.3 Å². The van der Waals surface area contributed by atoms with Crippen LogP contribution in [-0.4, -0.2) is 16.7 Å². The van der Waals surface area contributed by atoms with Gasteiger partial charge in [-0.1, -0.05) is 41.9 Å². The average molecular weight is 504 g/mol. The van der Waals surface area contributed by atoms with E-state index in [0.717, 1.165) is 11.3 Å². The summed E-state index contributed by atoms with van der Waals surface area (Å²) in [5.74, 6) is -0.377. The molecule has 4 rings (SSSR count). The van der Waals surface area contributed by atoms with Gasteiger partial charge in [0.1, 0.15) is 28.0 Å². The van der Waals surface area contributed by atoms with Crippen molar-refractivity contribution in [2.75, 3.05) is 5.32 Å². The van der Waals surface area contributed by atoms with Gasteiger partial charge < -0.3 is 14.5 Å². The molecule has 0 saturated heterocycles. The highest BCUT2D eigenvalue weighted by Gasteiger charge is 2.42. The van der Waals surface area contributed by atoms with Crippen LogP contribution in [0.5, 0.6) is 5.75 Å². The topological polar surface area (TPSA) is 88.2 Å². The number of nitrogens with one attached hydrogen (secondary N) is 1. The molecule has 1 atom stereocenters. The predicted molar refractivity (Wildman–Crippen MR) is 124 cm³/mol. The summed E-state index contributed by atoms with van der Waals surface area (Å²) in [6.45, 7) is 0. The zero-order chi connectivity index (χ0) is 24.3. The fourth-order valence-electron chi connectivity index (χ4n) is 2.92. The number of nitriles is 1. The molecule has 0 radical (unpaired) electrons. The van der Waals surface area contributed by atoms with Gasteiger partial charge in [-0.05, 0) is 24.3 Å². The molecule has 0 bridgehead atoms. The fraction of sp³-hybridized carbons (Fsp3) is 0.0870. The van der Waals surface area contributed by atoms with Crippen molar-refractivity contribution < 1.29 is 22.3 Å². The van der Waals surface area contributed by atoms with Crippen molar-refractivity contribution in [3.05, 3.63) is 81.6 Å². The molecule has 0 aliphatic heterocycles. The molecule has 34 heavy (non-hydrogen) atoms. The zero-order valence-corrected chi connectivity index (χ0v) is 18.5. The third-order valence-electron chi connectivity index (χ3n) is 4.53. The van der Waals surface area contributed by atoms with Gasteiger partial charge in [0.2, 0.25) is 0 Å². The number of hydrogen-bond acceptors (Lipinski definition) is 7. The zero-order valence-electron chi connectivity index (χ0n) is 17.0. The lowest BCUT2D eigenvalue weighted by molar-refractivity contribution is -0.198. The van der Waals surface area contributed by atoms with Crippen LogP contribution in [-0.2, 0) is 0 Å². The Kier molecular flexibility index (Phi) is 6.58. The number of allylic oxidation sites excluding steroid dienone is 1. The summed E-state index contributed by atoms with van der Waals surface area (Å²) in [5.41, 5.74) is -2.54.